The normalized spacial score (nSPS) is 10.6. The fourth-order valence-electron chi connectivity index (χ4n) is 1.75. The van der Waals surface area contributed by atoms with E-state index >= 15 is 0 Å². The Bertz CT molecular complexity index is 497. The van der Waals surface area contributed by atoms with Gasteiger partial charge in [-0.25, -0.2) is 4.79 Å². The molecule has 0 fully saturated rings. The minimum absolute atomic E-state index is 0.0255. The Morgan fingerprint density at radius 2 is 1.95 bits per heavy atom. The van der Waals surface area contributed by atoms with Crippen LogP contribution in [0.2, 0.25) is 0 Å². The zero-order valence-corrected chi connectivity index (χ0v) is 11.8. The van der Waals surface area contributed by atoms with Crippen molar-refractivity contribution in [3.63, 3.8) is 0 Å². The summed E-state index contributed by atoms with van der Waals surface area (Å²) < 4.78 is 15.3. The highest BCUT2D eigenvalue weighted by atomic mass is 16.7. The molecule has 8 heteroatoms. The van der Waals surface area contributed by atoms with Gasteiger partial charge in [-0.05, 0) is 19.9 Å². The molecule has 0 aliphatic heterocycles. The highest BCUT2D eigenvalue weighted by Gasteiger charge is 2.18. The molecule has 0 heterocycles. The molecule has 0 radical (unpaired) electrons. The lowest BCUT2D eigenvalue weighted by Crippen LogP contribution is -2.21. The third-order valence-corrected chi connectivity index (χ3v) is 2.54. The van der Waals surface area contributed by atoms with Crippen LogP contribution in [0, 0.1) is 10.1 Å². The molecule has 8 nitrogen and oxygen atoms in total. The molecule has 1 aromatic carbocycles. The molecule has 1 rings (SSSR count). The molecule has 0 unspecified atom stereocenters. The molecule has 0 aliphatic rings. The molecular formula is C13H17NO7. The summed E-state index contributed by atoms with van der Waals surface area (Å²) in [6.07, 6.45) is -1.97. The van der Waals surface area contributed by atoms with Crippen LogP contribution < -0.4 is 4.74 Å². The number of nitro groups is 1. The standard InChI is InChI=1S/C13H17NO7/c1-3-19-12(20-4-2)8-9-7-10(14(17)18)5-6-11(9)21-13(15)16/h5-7,12H,3-4,8H2,1-2H3,(H,15,16). The first-order valence-electron chi connectivity index (χ1n) is 6.39. The number of non-ortho nitro benzene ring substituents is 1. The Hall–Kier alpha value is -2.19. The number of hydrogen-bond acceptors (Lipinski definition) is 6. The van der Waals surface area contributed by atoms with Gasteiger partial charge in [-0.3, -0.25) is 10.1 Å². The average molecular weight is 299 g/mol. The molecule has 0 aromatic heterocycles. The Morgan fingerprint density at radius 1 is 1.33 bits per heavy atom. The second kappa shape index (κ2) is 8.18. The maximum Gasteiger partial charge on any atom is 0.511 e. The van der Waals surface area contributed by atoms with Crippen molar-refractivity contribution < 1.29 is 29.0 Å². The first-order chi connectivity index (χ1) is 9.97. The van der Waals surface area contributed by atoms with E-state index < -0.39 is 17.4 Å². The lowest BCUT2D eigenvalue weighted by molar-refractivity contribution is -0.385. The van der Waals surface area contributed by atoms with Gasteiger partial charge in [0.2, 0.25) is 0 Å². The van der Waals surface area contributed by atoms with Crippen molar-refractivity contribution in [3.05, 3.63) is 33.9 Å². The molecule has 0 aliphatic carbocycles. The third-order valence-electron chi connectivity index (χ3n) is 2.54. The zero-order valence-electron chi connectivity index (χ0n) is 11.8. The first kappa shape index (κ1) is 16.9. The van der Waals surface area contributed by atoms with Crippen molar-refractivity contribution >= 4 is 11.8 Å². The SMILES string of the molecule is CCOC(Cc1cc([N+](=O)[O-])ccc1OC(=O)O)OCC. The number of ether oxygens (including phenoxy) is 3. The molecule has 0 spiro atoms. The summed E-state index contributed by atoms with van der Waals surface area (Å²) in [5, 5.41) is 19.5. The minimum Gasteiger partial charge on any atom is -0.449 e. The number of nitrogens with zero attached hydrogens (tertiary/aromatic N) is 1. The third kappa shape index (κ3) is 5.36. The van der Waals surface area contributed by atoms with Crippen LogP contribution in [0.5, 0.6) is 5.75 Å². The Morgan fingerprint density at radius 3 is 2.43 bits per heavy atom. The van der Waals surface area contributed by atoms with Crippen molar-refractivity contribution in [2.75, 3.05) is 13.2 Å². The summed E-state index contributed by atoms with van der Waals surface area (Å²) in [6.45, 7) is 4.37. The molecule has 1 N–H and O–H groups in total. The zero-order chi connectivity index (χ0) is 15.8. The van der Waals surface area contributed by atoms with Gasteiger partial charge in [-0.15, -0.1) is 0 Å². The molecule has 0 amide bonds. The van der Waals surface area contributed by atoms with Crippen molar-refractivity contribution in [3.8, 4) is 5.75 Å². The van der Waals surface area contributed by atoms with E-state index in [1.165, 1.54) is 18.2 Å². The van der Waals surface area contributed by atoms with Crippen LogP contribution in [-0.2, 0) is 15.9 Å². The summed E-state index contributed by atoms with van der Waals surface area (Å²) in [5.74, 6) is 0.0255. The van der Waals surface area contributed by atoms with Gasteiger partial charge in [0.15, 0.2) is 6.29 Å². The molecular weight excluding hydrogens is 282 g/mol. The van der Waals surface area contributed by atoms with Crippen LogP contribution in [0.25, 0.3) is 0 Å². The summed E-state index contributed by atoms with van der Waals surface area (Å²) in [7, 11) is 0. The van der Waals surface area contributed by atoms with Crippen LogP contribution in [0.1, 0.15) is 19.4 Å². The molecule has 1 aromatic rings. The van der Waals surface area contributed by atoms with E-state index in [0.717, 1.165) is 0 Å². The predicted octanol–water partition coefficient (Wildman–Crippen LogP) is 2.59. The maximum atomic E-state index is 10.8. The van der Waals surface area contributed by atoms with Crippen LogP contribution >= 0.6 is 0 Å². The Kier molecular flexibility index (Phi) is 6.57. The van der Waals surface area contributed by atoms with E-state index in [4.69, 9.17) is 14.6 Å². The van der Waals surface area contributed by atoms with Gasteiger partial charge in [0, 0.05) is 37.3 Å². The van der Waals surface area contributed by atoms with E-state index in [0.29, 0.717) is 18.8 Å². The van der Waals surface area contributed by atoms with Crippen LogP contribution in [-0.4, -0.2) is 35.7 Å². The number of benzene rings is 1. The molecule has 0 atom stereocenters. The number of carbonyl (C=O) groups is 1. The van der Waals surface area contributed by atoms with E-state index in [1.807, 2.05) is 0 Å². The van der Waals surface area contributed by atoms with Crippen molar-refractivity contribution in [1.82, 2.24) is 0 Å². The lowest BCUT2D eigenvalue weighted by atomic mass is 10.1. The lowest BCUT2D eigenvalue weighted by Gasteiger charge is -2.18. The Balaban J connectivity index is 3.05. The smallest absolute Gasteiger partial charge is 0.449 e. The van der Waals surface area contributed by atoms with Gasteiger partial charge in [0.25, 0.3) is 5.69 Å². The van der Waals surface area contributed by atoms with Gasteiger partial charge in [-0.1, -0.05) is 0 Å². The fraction of sp³-hybridized carbons (Fsp3) is 0.462. The summed E-state index contributed by atoms with van der Waals surface area (Å²) in [6, 6.07) is 3.68. The Labute approximate surface area is 121 Å². The highest BCUT2D eigenvalue weighted by Crippen LogP contribution is 2.26. The average Bonchev–Trinajstić information content (AvgIpc) is 2.40. The van der Waals surface area contributed by atoms with Crippen molar-refractivity contribution in [2.45, 2.75) is 26.6 Å². The number of nitro benzene ring substituents is 1. The maximum absolute atomic E-state index is 10.8. The molecule has 0 saturated carbocycles. The minimum atomic E-state index is -1.49. The van der Waals surface area contributed by atoms with Crippen LogP contribution in [0.15, 0.2) is 18.2 Å². The fourth-order valence-corrected chi connectivity index (χ4v) is 1.75. The summed E-state index contributed by atoms with van der Waals surface area (Å²) >= 11 is 0. The number of rotatable bonds is 8. The quantitative estimate of drug-likeness (QED) is 0.258. The predicted molar refractivity (Wildman–Crippen MR) is 72.5 cm³/mol. The number of hydrogen-bond donors (Lipinski definition) is 1. The number of carboxylic acid groups (broad SMARTS) is 1. The van der Waals surface area contributed by atoms with Gasteiger partial charge in [-0.2, -0.15) is 0 Å². The van der Waals surface area contributed by atoms with E-state index in [-0.39, 0.29) is 17.9 Å². The summed E-state index contributed by atoms with van der Waals surface area (Å²) in [4.78, 5) is 20.9. The molecule has 116 valence electrons. The van der Waals surface area contributed by atoms with Gasteiger partial charge >= 0.3 is 6.16 Å². The monoisotopic (exact) mass is 299 g/mol. The molecule has 0 saturated heterocycles. The van der Waals surface area contributed by atoms with E-state index in [2.05, 4.69) is 4.74 Å². The molecule has 0 bridgehead atoms. The van der Waals surface area contributed by atoms with Crippen LogP contribution in [0.4, 0.5) is 10.5 Å². The van der Waals surface area contributed by atoms with Gasteiger partial charge < -0.3 is 19.3 Å². The first-order valence-corrected chi connectivity index (χ1v) is 6.39. The van der Waals surface area contributed by atoms with Crippen LogP contribution in [0.3, 0.4) is 0 Å². The second-order valence-corrected chi connectivity index (χ2v) is 3.96. The van der Waals surface area contributed by atoms with E-state index in [1.54, 1.807) is 13.8 Å². The summed E-state index contributed by atoms with van der Waals surface area (Å²) in [5.41, 5.74) is 0.174. The van der Waals surface area contributed by atoms with E-state index in [9.17, 15) is 14.9 Å². The van der Waals surface area contributed by atoms with Gasteiger partial charge in [0.1, 0.15) is 5.75 Å². The molecule has 21 heavy (non-hydrogen) atoms. The second-order valence-electron chi connectivity index (χ2n) is 3.96. The van der Waals surface area contributed by atoms with Crippen molar-refractivity contribution in [2.24, 2.45) is 0 Å². The van der Waals surface area contributed by atoms with Gasteiger partial charge in [0.05, 0.1) is 4.92 Å². The van der Waals surface area contributed by atoms with Crippen molar-refractivity contribution in [1.29, 1.82) is 0 Å². The topological polar surface area (TPSA) is 108 Å². The highest BCUT2D eigenvalue weighted by molar-refractivity contribution is 5.62. The largest absolute Gasteiger partial charge is 0.511 e.